The van der Waals surface area contributed by atoms with E-state index in [-0.39, 0.29) is 12.8 Å². The molecule has 0 aliphatic rings. The van der Waals surface area contributed by atoms with Gasteiger partial charge in [0.05, 0.1) is 25.9 Å². The Morgan fingerprint density at radius 1 is 0.586 bits per heavy atom. The minimum atomic E-state index is -4.88. The molecule has 5 N–H and O–H groups in total. The second kappa shape index (κ2) is 37.8. The van der Waals surface area contributed by atoms with E-state index < -0.39 is 72.3 Å². The lowest BCUT2D eigenvalue weighted by molar-refractivity contribution is -0.161. The second-order valence-corrected chi connectivity index (χ2v) is 16.8. The summed E-state index contributed by atoms with van der Waals surface area (Å²) in [6, 6.07) is 0. The van der Waals surface area contributed by atoms with Crippen LogP contribution < -0.4 is 0 Å². The number of unbranched alkanes of at least 4 members (excludes halogenated alkanes) is 12. The third-order valence-electron chi connectivity index (χ3n) is 8.48. The summed E-state index contributed by atoms with van der Waals surface area (Å²) in [5, 5.41) is 19.9. The lowest BCUT2D eigenvalue weighted by Gasteiger charge is -2.20. The lowest BCUT2D eigenvalue weighted by Crippen LogP contribution is -2.30. The topological polar surface area (TPSA) is 216 Å². The fraction of sp³-hybridized carbons (Fsp3) is 0.714. The molecule has 0 aliphatic heterocycles. The van der Waals surface area contributed by atoms with Crippen LogP contribution in [-0.2, 0) is 41.8 Å². The minimum absolute atomic E-state index is 0.0926. The average Bonchev–Trinajstić information content (AvgIpc) is 3.17. The number of phosphoric ester groups is 2. The Labute approximate surface area is 347 Å². The van der Waals surface area contributed by atoms with Gasteiger partial charge in [-0.1, -0.05) is 132 Å². The molecule has 0 aliphatic carbocycles. The van der Waals surface area contributed by atoms with Crippen molar-refractivity contribution < 1.29 is 66.7 Å². The molecule has 16 heteroatoms. The van der Waals surface area contributed by atoms with Gasteiger partial charge in [0.25, 0.3) is 0 Å². The minimum Gasteiger partial charge on any atom is -0.462 e. The van der Waals surface area contributed by atoms with Crippen molar-refractivity contribution in [1.29, 1.82) is 0 Å². The SMILES string of the molecule is CC/C=C/C/C=C/C=C/C(O)CCCCCCCC(=O)OC[C@H](COP(=O)(O)OC[C@@H](O)COP(=O)(O)O)OC(=O)CCCCCCC/C=C\C/C=C\CCCCC. The molecule has 0 saturated carbocycles. The monoisotopic (exact) mass is 864 g/mol. The van der Waals surface area contributed by atoms with Crippen molar-refractivity contribution in [3.63, 3.8) is 0 Å². The normalized spacial score (nSPS) is 15.2. The van der Waals surface area contributed by atoms with E-state index in [1.165, 1.54) is 19.3 Å². The molecule has 4 atom stereocenters. The van der Waals surface area contributed by atoms with E-state index in [1.54, 1.807) is 6.08 Å². The smallest absolute Gasteiger partial charge is 0.462 e. The summed E-state index contributed by atoms with van der Waals surface area (Å²) in [5.74, 6) is -1.13. The molecular formula is C42H74O14P2. The standard InChI is InChI=1S/C42H74O14P2/c1-3-5-7-9-11-12-13-14-15-16-17-18-20-24-29-33-42(46)56-40(37-55-58(50,51)54-35-39(44)34-53-57(47,48)49)36-52-41(45)32-28-25-21-23-27-31-38(43)30-26-22-19-10-8-6-4-2/h6,8,11-12,14-15,19,22,26,30,38-40,43-44H,3-5,7,9-10,13,16-18,20-21,23-25,27-29,31-37H2,1-2H3,(H,50,51)(H2,47,48,49)/b8-6+,12-11-,15-14-,22-19+,30-26+/t38?,39-,40+/m0/s1. The van der Waals surface area contributed by atoms with Crippen molar-refractivity contribution in [2.75, 3.05) is 26.4 Å². The maximum atomic E-state index is 12.6. The first-order valence-electron chi connectivity index (χ1n) is 21.1. The molecule has 336 valence electrons. The van der Waals surface area contributed by atoms with Crippen LogP contribution in [0.5, 0.6) is 0 Å². The predicted molar refractivity (Wildman–Crippen MR) is 227 cm³/mol. The predicted octanol–water partition coefficient (Wildman–Crippen LogP) is 9.42. The molecule has 14 nitrogen and oxygen atoms in total. The average molecular weight is 865 g/mol. The van der Waals surface area contributed by atoms with Gasteiger partial charge in [-0.05, 0) is 64.2 Å². The first-order valence-corrected chi connectivity index (χ1v) is 24.1. The number of allylic oxidation sites excluding steroid dienone is 9. The molecule has 0 aromatic carbocycles. The van der Waals surface area contributed by atoms with E-state index in [4.69, 9.17) is 23.8 Å². The van der Waals surface area contributed by atoms with Crippen LogP contribution in [0.15, 0.2) is 60.8 Å². The van der Waals surface area contributed by atoms with Gasteiger partial charge in [-0.3, -0.25) is 23.2 Å². The molecule has 58 heavy (non-hydrogen) atoms. The van der Waals surface area contributed by atoms with Gasteiger partial charge in [0.1, 0.15) is 12.7 Å². The fourth-order valence-electron chi connectivity index (χ4n) is 5.27. The molecule has 0 bridgehead atoms. The summed E-state index contributed by atoms with van der Waals surface area (Å²) < 4.78 is 47.6. The highest BCUT2D eigenvalue weighted by molar-refractivity contribution is 7.47. The van der Waals surface area contributed by atoms with E-state index in [9.17, 15) is 33.8 Å². The Morgan fingerprint density at radius 2 is 1.14 bits per heavy atom. The molecular weight excluding hydrogens is 790 g/mol. The van der Waals surface area contributed by atoms with Crippen LogP contribution in [0.2, 0.25) is 0 Å². The Morgan fingerprint density at radius 3 is 1.79 bits per heavy atom. The summed E-state index contributed by atoms with van der Waals surface area (Å²) in [5.41, 5.74) is 0. The van der Waals surface area contributed by atoms with E-state index in [0.717, 1.165) is 83.5 Å². The molecule has 2 unspecified atom stereocenters. The molecule has 0 radical (unpaired) electrons. The Kier molecular flexibility index (Phi) is 36.3. The number of carbonyl (C=O) groups excluding carboxylic acids is 2. The van der Waals surface area contributed by atoms with Crippen molar-refractivity contribution in [2.45, 2.75) is 167 Å². The molecule has 0 heterocycles. The highest BCUT2D eigenvalue weighted by Gasteiger charge is 2.28. The number of rotatable bonds is 39. The summed E-state index contributed by atoms with van der Waals surface area (Å²) in [6.45, 7) is 1.46. The number of aliphatic hydroxyl groups is 2. The molecule has 0 aromatic rings. The molecule has 0 rings (SSSR count). The van der Waals surface area contributed by atoms with Crippen LogP contribution in [0.1, 0.15) is 149 Å². The number of hydrogen-bond acceptors (Lipinski definition) is 11. The van der Waals surface area contributed by atoms with E-state index in [1.807, 2.05) is 18.2 Å². The maximum absolute atomic E-state index is 12.6. The lowest BCUT2D eigenvalue weighted by atomic mass is 10.1. The third kappa shape index (κ3) is 40.6. The van der Waals surface area contributed by atoms with Crippen LogP contribution in [0.3, 0.4) is 0 Å². The van der Waals surface area contributed by atoms with Gasteiger partial charge in [-0.2, -0.15) is 0 Å². The largest absolute Gasteiger partial charge is 0.472 e. The summed E-state index contributed by atoms with van der Waals surface area (Å²) in [6.07, 6.45) is 35.2. The zero-order valence-corrected chi connectivity index (χ0v) is 36.8. The number of carbonyl (C=O) groups is 2. The van der Waals surface area contributed by atoms with Crippen molar-refractivity contribution in [2.24, 2.45) is 0 Å². The molecule has 0 fully saturated rings. The molecule has 0 spiro atoms. The molecule has 0 aromatic heterocycles. The van der Waals surface area contributed by atoms with Crippen LogP contribution in [-0.4, -0.2) is 81.6 Å². The fourth-order valence-corrected chi connectivity index (χ4v) is 6.42. The van der Waals surface area contributed by atoms with Crippen molar-refractivity contribution >= 4 is 27.6 Å². The van der Waals surface area contributed by atoms with E-state index in [0.29, 0.717) is 19.3 Å². The number of hydrogen-bond donors (Lipinski definition) is 5. The van der Waals surface area contributed by atoms with Crippen LogP contribution >= 0.6 is 15.6 Å². The number of esters is 2. The first-order chi connectivity index (χ1) is 27.8. The Hall–Kier alpha value is -2.22. The van der Waals surface area contributed by atoms with Crippen LogP contribution in [0.25, 0.3) is 0 Å². The van der Waals surface area contributed by atoms with Crippen molar-refractivity contribution in [3.8, 4) is 0 Å². The summed E-state index contributed by atoms with van der Waals surface area (Å²) in [7, 11) is -9.71. The quantitative estimate of drug-likeness (QED) is 0.0128. The van der Waals surface area contributed by atoms with E-state index in [2.05, 4.69) is 59.4 Å². The Bertz CT molecular complexity index is 1280. The van der Waals surface area contributed by atoms with Gasteiger partial charge < -0.3 is 34.4 Å². The summed E-state index contributed by atoms with van der Waals surface area (Å²) in [4.78, 5) is 52.6. The number of aliphatic hydroxyl groups excluding tert-OH is 2. The van der Waals surface area contributed by atoms with Gasteiger partial charge in [0.15, 0.2) is 6.10 Å². The molecule has 0 amide bonds. The van der Waals surface area contributed by atoms with Gasteiger partial charge in [0.2, 0.25) is 0 Å². The highest BCUT2D eigenvalue weighted by Crippen LogP contribution is 2.43. The van der Waals surface area contributed by atoms with Gasteiger partial charge in [0, 0.05) is 12.8 Å². The number of ether oxygens (including phenoxy) is 2. The third-order valence-corrected chi connectivity index (χ3v) is 9.92. The van der Waals surface area contributed by atoms with Gasteiger partial charge in [-0.25, -0.2) is 9.13 Å². The van der Waals surface area contributed by atoms with Crippen LogP contribution in [0, 0.1) is 0 Å². The van der Waals surface area contributed by atoms with Gasteiger partial charge >= 0.3 is 27.6 Å². The number of phosphoric acid groups is 2. The zero-order chi connectivity index (χ0) is 43.2. The first kappa shape index (κ1) is 55.8. The zero-order valence-electron chi connectivity index (χ0n) is 35.0. The van der Waals surface area contributed by atoms with Crippen molar-refractivity contribution in [3.05, 3.63) is 60.8 Å². The highest BCUT2D eigenvalue weighted by atomic mass is 31.2. The van der Waals surface area contributed by atoms with Crippen LogP contribution in [0.4, 0.5) is 0 Å². The Balaban J connectivity index is 4.65. The van der Waals surface area contributed by atoms with E-state index >= 15 is 0 Å². The van der Waals surface area contributed by atoms with Crippen molar-refractivity contribution in [1.82, 2.24) is 0 Å². The van der Waals surface area contributed by atoms with Gasteiger partial charge in [-0.15, -0.1) is 0 Å². The molecule has 0 saturated heterocycles. The second-order valence-electron chi connectivity index (χ2n) is 14.1. The maximum Gasteiger partial charge on any atom is 0.472 e. The summed E-state index contributed by atoms with van der Waals surface area (Å²) >= 11 is 0.